The molecular weight excluding hydrogens is 482 g/mol. The average Bonchev–Trinajstić information content (AvgIpc) is 2.78. The normalized spacial score (nSPS) is 11.0. The summed E-state index contributed by atoms with van der Waals surface area (Å²) in [6, 6.07) is 17.3. The molecule has 0 unspecified atom stereocenters. The number of sulfonamides is 1. The number of carbonyl (C=O) groups excluding carboxylic acids is 1. The number of nitro groups is 1. The van der Waals surface area contributed by atoms with E-state index in [1.807, 2.05) is 0 Å². The Morgan fingerprint density at radius 3 is 2.32 bits per heavy atom. The summed E-state index contributed by atoms with van der Waals surface area (Å²) in [6.45, 7) is 1.51. The van der Waals surface area contributed by atoms with Crippen molar-refractivity contribution in [1.82, 2.24) is 0 Å². The quantitative estimate of drug-likeness (QED) is 0.338. The van der Waals surface area contributed by atoms with Crippen molar-refractivity contribution in [2.45, 2.75) is 13.5 Å². The van der Waals surface area contributed by atoms with Gasteiger partial charge in [0, 0.05) is 17.2 Å². The van der Waals surface area contributed by atoms with Crippen LogP contribution >= 0.6 is 11.6 Å². The van der Waals surface area contributed by atoms with Crippen molar-refractivity contribution in [1.29, 1.82) is 0 Å². The van der Waals surface area contributed by atoms with E-state index < -0.39 is 20.9 Å². The van der Waals surface area contributed by atoms with E-state index in [0.717, 1.165) is 11.8 Å². The number of aryl methyl sites for hydroxylation is 1. The van der Waals surface area contributed by atoms with Gasteiger partial charge < -0.3 is 10.1 Å². The average molecular weight is 504 g/mol. The lowest BCUT2D eigenvalue weighted by atomic mass is 10.2. The van der Waals surface area contributed by atoms with Crippen LogP contribution in [0.3, 0.4) is 0 Å². The van der Waals surface area contributed by atoms with Gasteiger partial charge in [0.15, 0.2) is 6.61 Å². The van der Waals surface area contributed by atoms with Crippen molar-refractivity contribution in [2.75, 3.05) is 22.5 Å². The standard InChI is InChI=1S/C23H22ClN3O6S/c1-16-3-8-20(27(29)30)13-22(16)25-23(28)15-33-21-11-9-19(10-12-21)26(34(2,31)32)14-17-4-6-18(24)7-5-17/h3-13H,14-15H2,1-2H3,(H,25,28). The lowest BCUT2D eigenvalue weighted by Crippen LogP contribution is -2.29. The summed E-state index contributed by atoms with van der Waals surface area (Å²) in [4.78, 5) is 22.6. The number of halogens is 1. The van der Waals surface area contributed by atoms with E-state index in [1.54, 1.807) is 61.5 Å². The summed E-state index contributed by atoms with van der Waals surface area (Å²) in [5.74, 6) is -0.136. The molecule has 3 aromatic rings. The molecule has 0 heterocycles. The molecular formula is C23H22ClN3O6S. The maximum atomic E-state index is 12.3. The number of amides is 1. The first kappa shape index (κ1) is 25.0. The monoisotopic (exact) mass is 503 g/mol. The van der Waals surface area contributed by atoms with Crippen molar-refractivity contribution in [3.05, 3.63) is 93.0 Å². The van der Waals surface area contributed by atoms with E-state index in [-0.39, 0.29) is 18.8 Å². The lowest BCUT2D eigenvalue weighted by Gasteiger charge is -2.23. The Bertz CT molecular complexity index is 1300. The fourth-order valence-electron chi connectivity index (χ4n) is 3.06. The zero-order valence-corrected chi connectivity index (χ0v) is 20.0. The SMILES string of the molecule is Cc1ccc([N+](=O)[O-])cc1NC(=O)COc1ccc(N(Cc2ccc(Cl)cc2)S(C)(=O)=O)cc1. The summed E-state index contributed by atoms with van der Waals surface area (Å²) in [5.41, 5.74) is 2.06. The minimum atomic E-state index is -3.57. The highest BCUT2D eigenvalue weighted by atomic mass is 35.5. The van der Waals surface area contributed by atoms with Gasteiger partial charge in [0.05, 0.1) is 29.1 Å². The number of nitrogens with one attached hydrogen (secondary N) is 1. The highest BCUT2D eigenvalue weighted by Gasteiger charge is 2.18. The van der Waals surface area contributed by atoms with Gasteiger partial charge in [-0.2, -0.15) is 0 Å². The van der Waals surface area contributed by atoms with Gasteiger partial charge in [0.1, 0.15) is 5.75 Å². The third-order valence-corrected chi connectivity index (χ3v) is 6.23. The van der Waals surface area contributed by atoms with Gasteiger partial charge in [-0.25, -0.2) is 8.42 Å². The fourth-order valence-corrected chi connectivity index (χ4v) is 4.07. The molecule has 11 heteroatoms. The summed E-state index contributed by atoms with van der Waals surface area (Å²) in [7, 11) is -3.57. The maximum Gasteiger partial charge on any atom is 0.271 e. The van der Waals surface area contributed by atoms with Gasteiger partial charge in [-0.05, 0) is 54.4 Å². The van der Waals surface area contributed by atoms with E-state index in [4.69, 9.17) is 16.3 Å². The molecule has 3 rings (SSSR count). The first-order chi connectivity index (χ1) is 16.0. The van der Waals surface area contributed by atoms with Crippen LogP contribution in [-0.2, 0) is 21.4 Å². The molecule has 0 spiro atoms. The van der Waals surface area contributed by atoms with Crippen LogP contribution in [0.15, 0.2) is 66.7 Å². The molecule has 178 valence electrons. The van der Waals surface area contributed by atoms with Gasteiger partial charge in [-0.3, -0.25) is 19.2 Å². The Labute approximate surface area is 202 Å². The third kappa shape index (κ3) is 6.69. The zero-order chi connectivity index (χ0) is 24.9. The number of nitro benzene ring substituents is 1. The number of hydrogen-bond donors (Lipinski definition) is 1. The van der Waals surface area contributed by atoms with Crippen molar-refractivity contribution in [3.63, 3.8) is 0 Å². The Hall–Kier alpha value is -3.63. The summed E-state index contributed by atoms with van der Waals surface area (Å²) < 4.78 is 31.4. The first-order valence-corrected chi connectivity index (χ1v) is 12.3. The zero-order valence-electron chi connectivity index (χ0n) is 18.4. The topological polar surface area (TPSA) is 119 Å². The van der Waals surface area contributed by atoms with Crippen molar-refractivity contribution in [3.8, 4) is 5.75 Å². The molecule has 0 atom stereocenters. The Morgan fingerprint density at radius 1 is 1.09 bits per heavy atom. The van der Waals surface area contributed by atoms with E-state index in [0.29, 0.717) is 27.7 Å². The van der Waals surface area contributed by atoms with Crippen LogP contribution in [-0.4, -0.2) is 32.1 Å². The summed E-state index contributed by atoms with van der Waals surface area (Å²) in [5, 5.41) is 14.1. The Morgan fingerprint density at radius 2 is 1.74 bits per heavy atom. The van der Waals surface area contributed by atoms with Crippen molar-refractivity contribution < 1.29 is 22.9 Å². The molecule has 0 bridgehead atoms. The van der Waals surface area contributed by atoms with Gasteiger partial charge in [0.25, 0.3) is 11.6 Å². The summed E-state index contributed by atoms with van der Waals surface area (Å²) in [6.07, 6.45) is 1.12. The Kier molecular flexibility index (Phi) is 7.75. The van der Waals surface area contributed by atoms with Crippen LogP contribution < -0.4 is 14.4 Å². The van der Waals surface area contributed by atoms with Crippen LogP contribution in [0.2, 0.25) is 5.02 Å². The lowest BCUT2D eigenvalue weighted by molar-refractivity contribution is -0.384. The van der Waals surface area contributed by atoms with Gasteiger partial charge in [0.2, 0.25) is 10.0 Å². The number of non-ortho nitro benzene ring substituents is 1. The second-order valence-corrected chi connectivity index (χ2v) is 9.83. The van der Waals surface area contributed by atoms with Gasteiger partial charge in [-0.15, -0.1) is 0 Å². The van der Waals surface area contributed by atoms with E-state index in [1.165, 1.54) is 16.4 Å². The first-order valence-electron chi connectivity index (χ1n) is 10.0. The smallest absolute Gasteiger partial charge is 0.271 e. The molecule has 0 saturated heterocycles. The molecule has 0 aliphatic carbocycles. The van der Waals surface area contributed by atoms with Crippen LogP contribution in [0.4, 0.5) is 17.1 Å². The second-order valence-electron chi connectivity index (χ2n) is 7.48. The van der Waals surface area contributed by atoms with E-state index in [2.05, 4.69) is 5.32 Å². The number of benzene rings is 3. The van der Waals surface area contributed by atoms with Gasteiger partial charge >= 0.3 is 0 Å². The molecule has 0 radical (unpaired) electrons. The van der Waals surface area contributed by atoms with Crippen LogP contribution in [0, 0.1) is 17.0 Å². The minimum absolute atomic E-state index is 0.126. The molecule has 34 heavy (non-hydrogen) atoms. The predicted molar refractivity (Wildman–Crippen MR) is 131 cm³/mol. The molecule has 1 amide bonds. The van der Waals surface area contributed by atoms with E-state index in [9.17, 15) is 23.3 Å². The summed E-state index contributed by atoms with van der Waals surface area (Å²) >= 11 is 5.90. The van der Waals surface area contributed by atoms with E-state index >= 15 is 0 Å². The van der Waals surface area contributed by atoms with Crippen LogP contribution in [0.5, 0.6) is 5.75 Å². The largest absolute Gasteiger partial charge is 0.484 e. The number of hydrogen-bond acceptors (Lipinski definition) is 6. The number of carbonyl (C=O) groups is 1. The second kappa shape index (κ2) is 10.5. The maximum absolute atomic E-state index is 12.3. The molecule has 0 aliphatic heterocycles. The van der Waals surface area contributed by atoms with Crippen molar-refractivity contribution >= 4 is 44.6 Å². The predicted octanol–water partition coefficient (Wildman–Crippen LogP) is 4.54. The van der Waals surface area contributed by atoms with Gasteiger partial charge in [-0.1, -0.05) is 29.8 Å². The molecule has 9 nitrogen and oxygen atoms in total. The molecule has 3 aromatic carbocycles. The molecule has 0 saturated carbocycles. The Balaban J connectivity index is 1.65. The molecule has 0 aliphatic rings. The number of rotatable bonds is 9. The third-order valence-electron chi connectivity index (χ3n) is 4.84. The van der Waals surface area contributed by atoms with Crippen LogP contribution in [0.25, 0.3) is 0 Å². The number of ether oxygens (including phenoxy) is 1. The minimum Gasteiger partial charge on any atom is -0.484 e. The number of nitrogens with zero attached hydrogens (tertiary/aromatic N) is 2. The fraction of sp³-hybridized carbons (Fsp3) is 0.174. The highest BCUT2D eigenvalue weighted by Crippen LogP contribution is 2.25. The molecule has 1 N–H and O–H groups in total. The number of anilines is 2. The molecule has 0 fully saturated rings. The highest BCUT2D eigenvalue weighted by molar-refractivity contribution is 7.92. The molecule has 0 aromatic heterocycles. The van der Waals surface area contributed by atoms with Crippen LogP contribution in [0.1, 0.15) is 11.1 Å². The van der Waals surface area contributed by atoms with Crippen molar-refractivity contribution in [2.24, 2.45) is 0 Å².